The fraction of sp³-hybridized carbons (Fsp3) is 0. The van der Waals surface area contributed by atoms with Gasteiger partial charge in [-0.2, -0.15) is 0 Å². The van der Waals surface area contributed by atoms with E-state index in [-0.39, 0.29) is 16.6 Å². The van der Waals surface area contributed by atoms with Crippen molar-refractivity contribution in [3.63, 3.8) is 0 Å². The summed E-state index contributed by atoms with van der Waals surface area (Å²) in [6.07, 6.45) is 0. The number of phenols is 1. The van der Waals surface area contributed by atoms with Gasteiger partial charge in [-0.05, 0) is 35.9 Å². The summed E-state index contributed by atoms with van der Waals surface area (Å²) < 4.78 is 13.1. The quantitative estimate of drug-likeness (QED) is 0.797. The second-order valence-electron chi connectivity index (χ2n) is 3.29. The van der Waals surface area contributed by atoms with Crippen LogP contribution in [0.1, 0.15) is 0 Å². The third kappa shape index (κ3) is 2.13. The Morgan fingerprint density at radius 2 is 1.69 bits per heavy atom. The summed E-state index contributed by atoms with van der Waals surface area (Å²) in [5, 5.41) is 9.92. The summed E-state index contributed by atoms with van der Waals surface area (Å²) >= 11 is 11.7. The molecule has 0 aliphatic heterocycles. The van der Waals surface area contributed by atoms with Crippen molar-refractivity contribution < 1.29 is 9.50 Å². The molecule has 0 amide bonds. The van der Waals surface area contributed by atoms with Crippen LogP contribution < -0.4 is 0 Å². The number of halogens is 3. The van der Waals surface area contributed by atoms with Crippen molar-refractivity contribution in [2.24, 2.45) is 0 Å². The Kier molecular flexibility index (Phi) is 3.03. The van der Waals surface area contributed by atoms with Gasteiger partial charge in [-0.3, -0.25) is 0 Å². The van der Waals surface area contributed by atoms with Crippen LogP contribution in [0.15, 0.2) is 36.4 Å². The number of phenolic OH excluding ortho intramolecular Hbond substituents is 1. The molecular weight excluding hydrogens is 250 g/mol. The molecule has 2 aromatic carbocycles. The zero-order chi connectivity index (χ0) is 11.7. The van der Waals surface area contributed by atoms with E-state index in [1.807, 2.05) is 0 Å². The molecule has 0 aromatic heterocycles. The van der Waals surface area contributed by atoms with Gasteiger partial charge in [-0.1, -0.05) is 29.3 Å². The SMILES string of the molecule is Oc1ccc(-c2cc(F)ccc2Cl)cc1Cl. The van der Waals surface area contributed by atoms with Crippen LogP contribution in [0.5, 0.6) is 5.75 Å². The fourth-order valence-electron chi connectivity index (χ4n) is 1.39. The standard InChI is InChI=1S/C12H7Cl2FO/c13-10-3-2-8(15)6-9(10)7-1-4-12(16)11(14)5-7/h1-6,16H. The minimum absolute atomic E-state index is 0.0158. The topological polar surface area (TPSA) is 20.2 Å². The summed E-state index contributed by atoms with van der Waals surface area (Å²) in [5.41, 5.74) is 1.20. The molecule has 82 valence electrons. The molecule has 2 rings (SSSR count). The predicted octanol–water partition coefficient (Wildman–Crippen LogP) is 4.51. The lowest BCUT2D eigenvalue weighted by Gasteiger charge is -2.06. The fourth-order valence-corrected chi connectivity index (χ4v) is 1.80. The number of benzene rings is 2. The number of rotatable bonds is 1. The molecule has 1 N–H and O–H groups in total. The first-order valence-corrected chi connectivity index (χ1v) is 5.27. The van der Waals surface area contributed by atoms with Crippen LogP contribution in [-0.2, 0) is 0 Å². The molecule has 1 nitrogen and oxygen atoms in total. The zero-order valence-corrected chi connectivity index (χ0v) is 9.56. The van der Waals surface area contributed by atoms with Gasteiger partial charge < -0.3 is 5.11 Å². The minimum atomic E-state index is -0.372. The van der Waals surface area contributed by atoms with Crippen molar-refractivity contribution in [3.8, 4) is 16.9 Å². The number of aromatic hydroxyl groups is 1. The van der Waals surface area contributed by atoms with Crippen LogP contribution in [0, 0.1) is 5.82 Å². The van der Waals surface area contributed by atoms with Crippen molar-refractivity contribution in [2.45, 2.75) is 0 Å². The van der Waals surface area contributed by atoms with E-state index in [1.54, 1.807) is 6.07 Å². The van der Waals surface area contributed by atoms with E-state index in [4.69, 9.17) is 23.2 Å². The van der Waals surface area contributed by atoms with Gasteiger partial charge in [0.25, 0.3) is 0 Å². The normalized spacial score (nSPS) is 10.4. The predicted molar refractivity (Wildman–Crippen MR) is 63.5 cm³/mol. The van der Waals surface area contributed by atoms with E-state index in [9.17, 15) is 9.50 Å². The Morgan fingerprint density at radius 3 is 2.38 bits per heavy atom. The Hall–Kier alpha value is -1.25. The summed E-state index contributed by atoms with van der Waals surface area (Å²) in [6.45, 7) is 0. The maximum atomic E-state index is 13.1. The smallest absolute Gasteiger partial charge is 0.134 e. The van der Waals surface area contributed by atoms with Crippen LogP contribution in [0.2, 0.25) is 10.0 Å². The van der Waals surface area contributed by atoms with Gasteiger partial charge in [0.1, 0.15) is 11.6 Å². The average Bonchev–Trinajstić information content (AvgIpc) is 2.26. The molecule has 0 aliphatic carbocycles. The van der Waals surface area contributed by atoms with E-state index < -0.39 is 0 Å². The summed E-state index contributed by atoms with van der Waals surface area (Å²) in [6, 6.07) is 8.70. The highest BCUT2D eigenvalue weighted by atomic mass is 35.5. The van der Waals surface area contributed by atoms with Crippen LogP contribution in [0.4, 0.5) is 4.39 Å². The Balaban J connectivity index is 2.58. The van der Waals surface area contributed by atoms with Gasteiger partial charge in [0.2, 0.25) is 0 Å². The van der Waals surface area contributed by atoms with Gasteiger partial charge in [-0.25, -0.2) is 4.39 Å². The monoisotopic (exact) mass is 256 g/mol. The first-order valence-electron chi connectivity index (χ1n) is 4.52. The van der Waals surface area contributed by atoms with Crippen molar-refractivity contribution in [1.29, 1.82) is 0 Å². The van der Waals surface area contributed by atoms with Crippen LogP contribution in [0.25, 0.3) is 11.1 Å². The van der Waals surface area contributed by atoms with Gasteiger partial charge in [-0.15, -0.1) is 0 Å². The van der Waals surface area contributed by atoms with Crippen LogP contribution >= 0.6 is 23.2 Å². The van der Waals surface area contributed by atoms with Crippen LogP contribution in [-0.4, -0.2) is 5.11 Å². The van der Waals surface area contributed by atoms with Crippen LogP contribution in [0.3, 0.4) is 0 Å². The van der Waals surface area contributed by atoms with E-state index in [0.717, 1.165) is 0 Å². The third-order valence-electron chi connectivity index (χ3n) is 2.19. The summed E-state index contributed by atoms with van der Waals surface area (Å²) in [7, 11) is 0. The summed E-state index contributed by atoms with van der Waals surface area (Å²) in [5.74, 6) is -0.387. The van der Waals surface area contributed by atoms with Crippen molar-refractivity contribution in [3.05, 3.63) is 52.3 Å². The molecule has 0 radical (unpaired) electrons. The maximum Gasteiger partial charge on any atom is 0.134 e. The van der Waals surface area contributed by atoms with Gasteiger partial charge in [0.15, 0.2) is 0 Å². The molecule has 0 unspecified atom stereocenters. The molecule has 0 spiro atoms. The highest BCUT2D eigenvalue weighted by Gasteiger charge is 2.07. The highest BCUT2D eigenvalue weighted by molar-refractivity contribution is 6.34. The average molecular weight is 257 g/mol. The van der Waals surface area contributed by atoms with E-state index in [1.165, 1.54) is 30.3 Å². The second kappa shape index (κ2) is 4.32. The van der Waals surface area contributed by atoms with E-state index in [0.29, 0.717) is 16.1 Å². The molecule has 0 saturated heterocycles. The molecule has 4 heteroatoms. The molecule has 2 aromatic rings. The maximum absolute atomic E-state index is 13.1. The molecule has 0 bridgehead atoms. The largest absolute Gasteiger partial charge is 0.506 e. The molecular formula is C12H7Cl2FO. The van der Waals surface area contributed by atoms with Crippen molar-refractivity contribution in [2.75, 3.05) is 0 Å². The second-order valence-corrected chi connectivity index (χ2v) is 4.10. The molecule has 0 aliphatic rings. The molecule has 0 heterocycles. The van der Waals surface area contributed by atoms with Gasteiger partial charge in [0.05, 0.1) is 5.02 Å². The molecule has 0 fully saturated rings. The third-order valence-corrected chi connectivity index (χ3v) is 2.82. The van der Waals surface area contributed by atoms with Gasteiger partial charge in [0, 0.05) is 10.6 Å². The van der Waals surface area contributed by atoms with Crippen molar-refractivity contribution in [1.82, 2.24) is 0 Å². The number of hydrogen-bond acceptors (Lipinski definition) is 1. The Morgan fingerprint density at radius 1 is 0.938 bits per heavy atom. The van der Waals surface area contributed by atoms with Crippen molar-refractivity contribution >= 4 is 23.2 Å². The zero-order valence-electron chi connectivity index (χ0n) is 8.05. The minimum Gasteiger partial charge on any atom is -0.506 e. The summed E-state index contributed by atoms with van der Waals surface area (Å²) in [4.78, 5) is 0. The lowest BCUT2D eigenvalue weighted by molar-refractivity contribution is 0.475. The Bertz CT molecular complexity index is 541. The highest BCUT2D eigenvalue weighted by Crippen LogP contribution is 2.33. The molecule has 16 heavy (non-hydrogen) atoms. The van der Waals surface area contributed by atoms with E-state index in [2.05, 4.69) is 0 Å². The number of hydrogen-bond donors (Lipinski definition) is 1. The van der Waals surface area contributed by atoms with E-state index >= 15 is 0 Å². The lowest BCUT2D eigenvalue weighted by atomic mass is 10.1. The van der Waals surface area contributed by atoms with Gasteiger partial charge >= 0.3 is 0 Å². The lowest BCUT2D eigenvalue weighted by Crippen LogP contribution is -1.82. The first-order chi connectivity index (χ1) is 7.58. The molecule has 0 saturated carbocycles. The first kappa shape index (κ1) is 11.2. The Labute approximate surface area is 102 Å². The molecule has 0 atom stereocenters.